The van der Waals surface area contributed by atoms with Crippen LogP contribution in [0, 0.1) is 0 Å². The molecule has 0 aliphatic carbocycles. The van der Waals surface area contributed by atoms with E-state index in [9.17, 15) is 4.79 Å². The number of benzene rings is 1. The fraction of sp³-hybridized carbons (Fsp3) is 0.588. The van der Waals surface area contributed by atoms with Crippen molar-refractivity contribution >= 4 is 5.91 Å². The van der Waals surface area contributed by atoms with Crippen molar-refractivity contribution in [2.45, 2.75) is 32.8 Å². The van der Waals surface area contributed by atoms with Crippen LogP contribution in [-0.2, 0) is 11.2 Å². The van der Waals surface area contributed by atoms with Gasteiger partial charge in [-0.15, -0.1) is 0 Å². The molecule has 5 nitrogen and oxygen atoms in total. The van der Waals surface area contributed by atoms with Gasteiger partial charge in [0.1, 0.15) is 0 Å². The maximum absolute atomic E-state index is 12.2. The van der Waals surface area contributed by atoms with Crippen molar-refractivity contribution in [2.75, 3.05) is 33.3 Å². The second-order valence-corrected chi connectivity index (χ2v) is 5.78. The van der Waals surface area contributed by atoms with E-state index in [-0.39, 0.29) is 12.0 Å². The monoisotopic (exact) mass is 306 g/mol. The maximum Gasteiger partial charge on any atom is 0.222 e. The molecule has 1 aromatic rings. The Labute approximate surface area is 132 Å². The summed E-state index contributed by atoms with van der Waals surface area (Å²) in [5.74, 6) is 1.69. The lowest BCUT2D eigenvalue weighted by molar-refractivity contribution is -0.131. The van der Waals surface area contributed by atoms with Gasteiger partial charge in [0.2, 0.25) is 5.91 Å². The molecule has 1 aliphatic rings. The van der Waals surface area contributed by atoms with E-state index in [0.29, 0.717) is 6.42 Å². The van der Waals surface area contributed by atoms with E-state index < -0.39 is 0 Å². The number of hydrogen-bond donors (Lipinski definition) is 1. The molecule has 0 spiro atoms. The van der Waals surface area contributed by atoms with Gasteiger partial charge in [-0.2, -0.15) is 0 Å². The number of piperazine rings is 1. The van der Waals surface area contributed by atoms with Crippen molar-refractivity contribution in [3.63, 3.8) is 0 Å². The van der Waals surface area contributed by atoms with Gasteiger partial charge in [0, 0.05) is 32.6 Å². The number of aryl methyl sites for hydroxylation is 1. The molecule has 0 saturated carbocycles. The number of hydrogen-bond acceptors (Lipinski definition) is 4. The van der Waals surface area contributed by atoms with Gasteiger partial charge < -0.3 is 19.7 Å². The van der Waals surface area contributed by atoms with Gasteiger partial charge in [-0.05, 0) is 38.0 Å². The number of ether oxygens (including phenoxy) is 2. The number of carbonyl (C=O) groups is 1. The quantitative estimate of drug-likeness (QED) is 0.871. The highest BCUT2D eigenvalue weighted by Gasteiger charge is 2.16. The van der Waals surface area contributed by atoms with Crippen LogP contribution in [0.5, 0.6) is 11.5 Å². The van der Waals surface area contributed by atoms with E-state index in [0.717, 1.165) is 49.7 Å². The lowest BCUT2D eigenvalue weighted by atomic mass is 10.1. The number of amides is 1. The van der Waals surface area contributed by atoms with Crippen LogP contribution in [0.25, 0.3) is 0 Å². The van der Waals surface area contributed by atoms with Crippen molar-refractivity contribution in [3.8, 4) is 11.5 Å². The average molecular weight is 306 g/mol. The highest BCUT2D eigenvalue weighted by atomic mass is 16.5. The zero-order valence-electron chi connectivity index (χ0n) is 13.7. The predicted octanol–water partition coefficient (Wildman–Crippen LogP) is 1.85. The first-order valence-corrected chi connectivity index (χ1v) is 7.92. The molecular weight excluding hydrogens is 280 g/mol. The highest BCUT2D eigenvalue weighted by Crippen LogP contribution is 2.29. The molecule has 1 fully saturated rings. The summed E-state index contributed by atoms with van der Waals surface area (Å²) >= 11 is 0. The molecule has 0 radical (unpaired) electrons. The van der Waals surface area contributed by atoms with Gasteiger partial charge in [0.05, 0.1) is 13.2 Å². The molecular formula is C17H26N2O3. The molecule has 0 atom stereocenters. The first-order valence-electron chi connectivity index (χ1n) is 7.92. The summed E-state index contributed by atoms with van der Waals surface area (Å²) in [7, 11) is 1.64. The first kappa shape index (κ1) is 16.6. The molecule has 0 aromatic heterocycles. The third kappa shape index (κ3) is 4.63. The largest absolute Gasteiger partial charge is 0.493 e. The van der Waals surface area contributed by atoms with Gasteiger partial charge in [-0.25, -0.2) is 0 Å². The van der Waals surface area contributed by atoms with Crippen molar-refractivity contribution < 1.29 is 14.3 Å². The summed E-state index contributed by atoms with van der Waals surface area (Å²) in [5, 5.41) is 3.26. The fourth-order valence-corrected chi connectivity index (χ4v) is 2.55. The molecule has 1 heterocycles. The summed E-state index contributed by atoms with van der Waals surface area (Å²) in [5.41, 5.74) is 1.10. The molecule has 0 unspecified atom stereocenters. The number of rotatable bonds is 6. The number of carbonyl (C=O) groups excluding carboxylic acids is 1. The zero-order valence-corrected chi connectivity index (χ0v) is 13.7. The normalized spacial score (nSPS) is 15.0. The van der Waals surface area contributed by atoms with Crippen LogP contribution < -0.4 is 14.8 Å². The standard InChI is InChI=1S/C17H26N2O3/c1-13(2)22-16-12-14(4-6-15(16)21-3)5-7-17(20)19-10-8-18-9-11-19/h4,6,12-13,18H,5,7-11H2,1-3H3. The Bertz CT molecular complexity index is 497. The summed E-state index contributed by atoms with van der Waals surface area (Å²) in [6.45, 7) is 7.37. The zero-order chi connectivity index (χ0) is 15.9. The Morgan fingerprint density at radius 1 is 1.27 bits per heavy atom. The predicted molar refractivity (Wildman–Crippen MR) is 86.5 cm³/mol. The lowest BCUT2D eigenvalue weighted by Crippen LogP contribution is -2.46. The first-order chi connectivity index (χ1) is 10.6. The van der Waals surface area contributed by atoms with Crippen molar-refractivity contribution in [3.05, 3.63) is 23.8 Å². The lowest BCUT2D eigenvalue weighted by Gasteiger charge is -2.27. The van der Waals surface area contributed by atoms with E-state index in [2.05, 4.69) is 5.32 Å². The second kappa shape index (κ2) is 8.03. The van der Waals surface area contributed by atoms with Crippen LogP contribution in [0.3, 0.4) is 0 Å². The van der Waals surface area contributed by atoms with Crippen LogP contribution in [0.1, 0.15) is 25.8 Å². The summed E-state index contributed by atoms with van der Waals surface area (Å²) in [4.78, 5) is 14.1. The number of nitrogens with one attached hydrogen (secondary N) is 1. The van der Waals surface area contributed by atoms with Crippen molar-refractivity contribution in [1.29, 1.82) is 0 Å². The molecule has 2 rings (SSSR count). The Kier molecular flexibility index (Phi) is 6.07. The second-order valence-electron chi connectivity index (χ2n) is 5.78. The minimum atomic E-state index is 0.0895. The van der Waals surface area contributed by atoms with Gasteiger partial charge in [0.25, 0.3) is 0 Å². The topological polar surface area (TPSA) is 50.8 Å². The van der Waals surface area contributed by atoms with Gasteiger partial charge >= 0.3 is 0 Å². The molecule has 1 saturated heterocycles. The molecule has 1 aliphatic heterocycles. The molecule has 1 aromatic carbocycles. The van der Waals surface area contributed by atoms with Crippen molar-refractivity contribution in [2.24, 2.45) is 0 Å². The van der Waals surface area contributed by atoms with E-state index >= 15 is 0 Å². The van der Waals surface area contributed by atoms with E-state index in [4.69, 9.17) is 9.47 Å². The molecule has 0 bridgehead atoms. The highest BCUT2D eigenvalue weighted by molar-refractivity contribution is 5.76. The van der Waals surface area contributed by atoms with Crippen LogP contribution in [0.15, 0.2) is 18.2 Å². The maximum atomic E-state index is 12.2. The van der Waals surface area contributed by atoms with Crippen molar-refractivity contribution in [1.82, 2.24) is 10.2 Å². The minimum absolute atomic E-state index is 0.0895. The third-order valence-corrected chi connectivity index (χ3v) is 3.69. The molecule has 1 N–H and O–H groups in total. The van der Waals surface area contributed by atoms with Gasteiger partial charge in [-0.1, -0.05) is 6.07 Å². The number of methoxy groups -OCH3 is 1. The summed E-state index contributed by atoms with van der Waals surface area (Å²) in [6.07, 6.45) is 1.35. The average Bonchev–Trinajstić information content (AvgIpc) is 2.53. The van der Waals surface area contributed by atoms with Gasteiger partial charge in [-0.3, -0.25) is 4.79 Å². The summed E-state index contributed by atoms with van der Waals surface area (Å²) < 4.78 is 11.1. The Morgan fingerprint density at radius 2 is 2.00 bits per heavy atom. The Morgan fingerprint density at radius 3 is 2.64 bits per heavy atom. The Hall–Kier alpha value is -1.75. The van der Waals surface area contributed by atoms with Crippen LogP contribution in [0.2, 0.25) is 0 Å². The minimum Gasteiger partial charge on any atom is -0.493 e. The molecule has 122 valence electrons. The van der Waals surface area contributed by atoms with E-state index in [1.54, 1.807) is 7.11 Å². The van der Waals surface area contributed by atoms with E-state index in [1.807, 2.05) is 36.9 Å². The van der Waals surface area contributed by atoms with Gasteiger partial charge in [0.15, 0.2) is 11.5 Å². The molecule has 5 heteroatoms. The van der Waals surface area contributed by atoms with Crippen LogP contribution in [0.4, 0.5) is 0 Å². The van der Waals surface area contributed by atoms with Crippen LogP contribution >= 0.6 is 0 Å². The molecule has 1 amide bonds. The Balaban J connectivity index is 1.95. The number of nitrogens with zero attached hydrogens (tertiary/aromatic N) is 1. The van der Waals surface area contributed by atoms with E-state index in [1.165, 1.54) is 0 Å². The fourth-order valence-electron chi connectivity index (χ4n) is 2.55. The smallest absolute Gasteiger partial charge is 0.222 e. The third-order valence-electron chi connectivity index (χ3n) is 3.69. The molecule has 22 heavy (non-hydrogen) atoms. The summed E-state index contributed by atoms with van der Waals surface area (Å²) in [6, 6.07) is 5.88. The van der Waals surface area contributed by atoms with Crippen LogP contribution in [-0.4, -0.2) is 50.2 Å². The SMILES string of the molecule is COc1ccc(CCC(=O)N2CCNCC2)cc1OC(C)C.